The first-order chi connectivity index (χ1) is 28.0. The van der Waals surface area contributed by atoms with E-state index in [1.165, 1.54) is 24.3 Å². The third-order valence-corrected chi connectivity index (χ3v) is 15.3. The van der Waals surface area contributed by atoms with Gasteiger partial charge in [0.1, 0.15) is 22.2 Å². The molecule has 4 fully saturated rings. The van der Waals surface area contributed by atoms with Gasteiger partial charge >= 0.3 is 51.4 Å². The molecule has 6 N–H and O–H groups in total. The second-order valence-electron chi connectivity index (χ2n) is 17.7. The molecule has 5 unspecified atom stereocenters. The molecule has 4 aromatic rings. The number of aliphatic carboxylic acids is 1. The zero-order valence-corrected chi connectivity index (χ0v) is 40.4. The van der Waals surface area contributed by atoms with Crippen molar-refractivity contribution in [1.29, 1.82) is 0 Å². The van der Waals surface area contributed by atoms with Crippen LogP contribution in [0.1, 0.15) is 93.7 Å². The van der Waals surface area contributed by atoms with Gasteiger partial charge in [0, 0.05) is 74.4 Å². The fourth-order valence-corrected chi connectivity index (χ4v) is 12.3. The number of aromatic hydroxyl groups is 6. The number of amides is 2. The van der Waals surface area contributed by atoms with Crippen LogP contribution in [0.2, 0.25) is 0 Å². The average molecular weight is 895 g/mol. The van der Waals surface area contributed by atoms with Crippen molar-refractivity contribution in [3.8, 4) is 45.6 Å². The first kappa shape index (κ1) is 45.3. The van der Waals surface area contributed by atoms with Crippen molar-refractivity contribution in [3.05, 3.63) is 45.5 Å². The predicted octanol–water partition coefficient (Wildman–Crippen LogP) is 2.45. The number of carboxylic acid groups (broad SMARTS) is 1. The molecule has 4 saturated heterocycles. The molecular weight excluding hydrogens is 848 g/mol. The van der Waals surface area contributed by atoms with E-state index < -0.39 is 51.3 Å². The Morgan fingerprint density at radius 1 is 0.705 bits per heavy atom. The van der Waals surface area contributed by atoms with Crippen LogP contribution in [0.5, 0.6) is 34.5 Å². The topological polar surface area (TPSA) is 227 Å². The first-order valence-electron chi connectivity index (χ1n) is 19.7. The van der Waals surface area contributed by atoms with Crippen molar-refractivity contribution < 1.29 is 102 Å². The molecule has 8 rings (SSSR count). The van der Waals surface area contributed by atoms with Gasteiger partial charge in [0.15, 0.2) is 35.1 Å². The number of aryl methyl sites for hydroxylation is 2. The third kappa shape index (κ3) is 6.79. The minimum absolute atomic E-state index is 0. The summed E-state index contributed by atoms with van der Waals surface area (Å²) in [6, 6.07) is 1.72. The van der Waals surface area contributed by atoms with E-state index >= 15 is 0 Å². The fraction of sp³-hybridized carbons (Fsp3) is 0.432. The molecule has 5 atom stereocenters. The van der Waals surface area contributed by atoms with E-state index in [1.54, 1.807) is 42.6 Å². The number of hydrogen-bond acceptors (Lipinski definition) is 14. The summed E-state index contributed by atoms with van der Waals surface area (Å²) in [6.45, 7) is 16.8. The van der Waals surface area contributed by atoms with Crippen LogP contribution in [0.3, 0.4) is 0 Å². The van der Waals surface area contributed by atoms with Gasteiger partial charge in [-0.15, -0.1) is 23.5 Å². The Morgan fingerprint density at radius 3 is 1.49 bits per heavy atom. The molecule has 61 heavy (non-hydrogen) atoms. The maximum Gasteiger partial charge on any atom is 1.00 e. The van der Waals surface area contributed by atoms with E-state index in [1.807, 2.05) is 27.7 Å². The Bertz CT molecular complexity index is 2680. The number of carbonyl (C=O) groups excluding carboxylic acids is 3. The van der Waals surface area contributed by atoms with Gasteiger partial charge in [-0.1, -0.05) is 39.8 Å². The number of aliphatic imine (C=N–C) groups is 2. The van der Waals surface area contributed by atoms with E-state index in [0.717, 1.165) is 11.8 Å². The molecule has 4 heterocycles. The third-order valence-electron chi connectivity index (χ3n) is 12.2. The number of carbonyl (C=O) groups is 3. The molecule has 316 valence electrons. The van der Waals surface area contributed by atoms with Crippen molar-refractivity contribution >= 4 is 75.3 Å². The molecule has 17 heteroatoms. The van der Waals surface area contributed by atoms with Crippen LogP contribution in [0.4, 0.5) is 0 Å². The van der Waals surface area contributed by atoms with Gasteiger partial charge in [-0.3, -0.25) is 19.6 Å². The maximum atomic E-state index is 13.1. The number of β-lactam (4-membered cyclic amide) rings is 2. The molecular formula is C44H47KN4O10S2. The molecule has 4 aliphatic rings. The number of fused-ring (bicyclic) bond motifs is 4. The van der Waals surface area contributed by atoms with Crippen LogP contribution in [-0.2, 0) is 14.4 Å². The SMILES string of the molecule is Cc1cc2c(C(C)C)c(O)c(O)c(C=NC3C(=O)N4CC(C)(C)SC34)c2c(O)c1-c1c(C)cc2c(C(C)C)c(O)c(O)c(C=NC3C(=O)N4CC(C)(C(=O)[O-])SC34)c2c1O.[K+]. The van der Waals surface area contributed by atoms with Crippen LogP contribution in [0, 0.1) is 13.8 Å². The number of thioether (sulfide) groups is 2. The van der Waals surface area contributed by atoms with Gasteiger partial charge in [0.05, 0.1) is 10.7 Å². The van der Waals surface area contributed by atoms with E-state index in [0.29, 0.717) is 39.6 Å². The van der Waals surface area contributed by atoms with Crippen molar-refractivity contribution in [3.63, 3.8) is 0 Å². The number of hydrogen-bond donors (Lipinski definition) is 6. The van der Waals surface area contributed by atoms with Crippen LogP contribution < -0.4 is 56.5 Å². The number of phenols is 6. The monoisotopic (exact) mass is 894 g/mol. The second kappa shape index (κ2) is 15.5. The molecule has 0 bridgehead atoms. The van der Waals surface area contributed by atoms with E-state index in [4.69, 9.17) is 0 Å². The van der Waals surface area contributed by atoms with Crippen molar-refractivity contribution in [2.45, 2.75) is 106 Å². The smallest absolute Gasteiger partial charge is 0.549 e. The molecule has 4 aromatic carbocycles. The Morgan fingerprint density at radius 2 is 1.10 bits per heavy atom. The Kier molecular flexibility index (Phi) is 11.5. The standard InChI is InChI=1S/C44H48N4O10S2.K/c1-16(2)24-20-10-18(5)26(34(51)28(20)22(32(49)36(24)53)12-45-30-38(55)47-14-43(7,8)59-40(30)47)27-19(6)11-21-25(17(3)4)37(54)33(50)23(29(21)35(27)52)13-46-31-39(56)48-15-44(9,42(57)58)60-41(31)48;/h10-13,16-17,30-31,40-41,49-54H,14-15H2,1-9H3,(H,57,58);/q;+1/p-1. The molecule has 2 amide bonds. The first-order valence-corrected chi connectivity index (χ1v) is 21.5. The Hall–Kier alpha value is -3.71. The van der Waals surface area contributed by atoms with Crippen LogP contribution >= 0.6 is 23.5 Å². The largest absolute Gasteiger partial charge is 1.00 e. The normalized spacial score (nSPS) is 24.3. The Labute approximate surface area is 403 Å². The molecule has 0 radical (unpaired) electrons. The molecule has 0 aromatic heterocycles. The number of rotatable bonds is 8. The summed E-state index contributed by atoms with van der Waals surface area (Å²) < 4.78 is -1.49. The van der Waals surface area contributed by atoms with Gasteiger partial charge in [0.25, 0.3) is 11.8 Å². The fourth-order valence-electron chi connectivity index (χ4n) is 9.33. The number of carboxylic acids is 1. The molecule has 0 spiro atoms. The summed E-state index contributed by atoms with van der Waals surface area (Å²) >= 11 is 2.67. The van der Waals surface area contributed by atoms with Crippen LogP contribution in [-0.4, -0.2) is 116 Å². The summed E-state index contributed by atoms with van der Waals surface area (Å²) in [4.78, 5) is 50.4. The molecule has 0 aliphatic carbocycles. The number of phenolic OH excluding ortho intramolecular Hbond substituents is 6. The van der Waals surface area contributed by atoms with Crippen molar-refractivity contribution in [1.82, 2.24) is 9.80 Å². The van der Waals surface area contributed by atoms with Gasteiger partial charge in [-0.2, -0.15) is 0 Å². The van der Waals surface area contributed by atoms with Gasteiger partial charge < -0.3 is 50.3 Å². The van der Waals surface area contributed by atoms with Gasteiger partial charge in [0.2, 0.25) is 0 Å². The number of nitrogens with zero attached hydrogens (tertiary/aromatic N) is 4. The summed E-state index contributed by atoms with van der Waals surface area (Å²) in [5.74, 6) is -5.25. The van der Waals surface area contributed by atoms with Gasteiger partial charge in [-0.25, -0.2) is 0 Å². The van der Waals surface area contributed by atoms with E-state index in [2.05, 4.69) is 23.8 Å². The minimum atomic E-state index is -1.33. The van der Waals surface area contributed by atoms with Crippen molar-refractivity contribution in [2.24, 2.45) is 9.98 Å². The maximum absolute atomic E-state index is 13.1. The zero-order valence-electron chi connectivity index (χ0n) is 35.6. The van der Waals surface area contributed by atoms with E-state index in [9.17, 15) is 50.1 Å². The van der Waals surface area contributed by atoms with Crippen LogP contribution in [0.25, 0.3) is 32.7 Å². The van der Waals surface area contributed by atoms with Crippen molar-refractivity contribution in [2.75, 3.05) is 13.1 Å². The molecule has 0 saturated carbocycles. The average Bonchev–Trinajstić information content (AvgIpc) is 3.64. The van der Waals surface area contributed by atoms with Gasteiger partial charge in [-0.05, 0) is 68.4 Å². The molecule has 4 aliphatic heterocycles. The summed E-state index contributed by atoms with van der Waals surface area (Å²) in [5, 5.41) is 82.9. The summed E-state index contributed by atoms with van der Waals surface area (Å²) in [5.41, 5.74) is 1.86. The Balaban J connectivity index is 0.00000561. The number of benzene rings is 4. The molecule has 14 nitrogen and oxygen atoms in total. The summed E-state index contributed by atoms with van der Waals surface area (Å²) in [7, 11) is 0. The quantitative estimate of drug-likeness (QED) is 0.0650. The summed E-state index contributed by atoms with van der Waals surface area (Å²) in [6.07, 6.45) is 2.50. The zero-order chi connectivity index (χ0) is 43.8. The van der Waals surface area contributed by atoms with E-state index in [-0.39, 0.29) is 136 Å². The predicted molar refractivity (Wildman–Crippen MR) is 231 cm³/mol. The minimum Gasteiger partial charge on any atom is -0.549 e. The van der Waals surface area contributed by atoms with Crippen LogP contribution in [0.15, 0.2) is 22.1 Å². The second-order valence-corrected chi connectivity index (χ2v) is 21.2.